The number of sulfonamides is 2. The van der Waals surface area contributed by atoms with E-state index in [4.69, 9.17) is 23.2 Å². The summed E-state index contributed by atoms with van der Waals surface area (Å²) < 4.78 is 69.0. The summed E-state index contributed by atoms with van der Waals surface area (Å²) in [6.45, 7) is -0.0799. The summed E-state index contributed by atoms with van der Waals surface area (Å²) in [6, 6.07) is 15.5. The summed E-state index contributed by atoms with van der Waals surface area (Å²) >= 11 is 12.0. The minimum absolute atomic E-state index is 0.0238. The van der Waals surface area contributed by atoms with E-state index < -0.39 is 44.9 Å². The number of hydrogen-bond acceptors (Lipinski definition) is 5. The van der Waals surface area contributed by atoms with Crippen molar-refractivity contribution >= 4 is 49.2 Å². The second-order valence-electron chi connectivity index (χ2n) is 8.96. The molecule has 0 atom stereocenters. The number of halogens is 3. The van der Waals surface area contributed by atoms with Crippen molar-refractivity contribution in [3.63, 3.8) is 0 Å². The van der Waals surface area contributed by atoms with Crippen LogP contribution >= 0.6 is 23.2 Å². The molecule has 0 aliphatic carbocycles. The van der Waals surface area contributed by atoms with Gasteiger partial charge in [0.2, 0.25) is 26.0 Å². The van der Waals surface area contributed by atoms with E-state index in [2.05, 4.69) is 5.32 Å². The van der Waals surface area contributed by atoms with Gasteiger partial charge in [-0.1, -0.05) is 41.4 Å². The van der Waals surface area contributed by atoms with Crippen LogP contribution in [0.2, 0.25) is 10.0 Å². The van der Waals surface area contributed by atoms with Crippen LogP contribution in [-0.2, 0) is 37.9 Å². The average Bonchev–Trinajstić information content (AvgIpc) is 3.46. The van der Waals surface area contributed by atoms with Crippen molar-refractivity contribution < 1.29 is 26.0 Å². The summed E-state index contributed by atoms with van der Waals surface area (Å²) in [5, 5.41) is 2.99. The number of amides is 1. The molecule has 0 unspecified atom stereocenters. The van der Waals surface area contributed by atoms with Crippen LogP contribution in [0.3, 0.4) is 0 Å². The van der Waals surface area contributed by atoms with Gasteiger partial charge >= 0.3 is 0 Å². The number of carbonyl (C=O) groups is 1. The largest absolute Gasteiger partial charge is 0.351 e. The fourth-order valence-corrected chi connectivity index (χ4v) is 7.35. The highest BCUT2D eigenvalue weighted by molar-refractivity contribution is 7.89. The van der Waals surface area contributed by atoms with Crippen molar-refractivity contribution in [2.45, 2.75) is 35.7 Å². The zero-order chi connectivity index (χ0) is 28.2. The first kappa shape index (κ1) is 29.4. The van der Waals surface area contributed by atoms with Gasteiger partial charge in [0, 0.05) is 41.8 Å². The standard InChI is InChI=1S/C26H26Cl2FN3O5S2/c27-20-8-12-22(13-9-20)39(36,37)32(17-23-24(28)4-3-5-25(23)29)18-26(33)30-16-19-6-10-21(11-7-19)38(34,35)31-14-1-2-15-31/h3-13H,1-2,14-18H2,(H,30,33). The van der Waals surface area contributed by atoms with Gasteiger partial charge in [-0.2, -0.15) is 8.61 Å². The molecule has 3 aromatic rings. The Labute approximate surface area is 237 Å². The Balaban J connectivity index is 1.49. The summed E-state index contributed by atoms with van der Waals surface area (Å²) in [7, 11) is -7.80. The summed E-state index contributed by atoms with van der Waals surface area (Å²) in [4.78, 5) is 12.9. The van der Waals surface area contributed by atoms with Gasteiger partial charge in [-0.3, -0.25) is 4.79 Å². The SMILES string of the molecule is O=C(CN(Cc1c(F)cccc1Cl)S(=O)(=O)c1ccc(Cl)cc1)NCc1ccc(S(=O)(=O)N2CCCC2)cc1. The van der Waals surface area contributed by atoms with Crippen molar-refractivity contribution in [3.05, 3.63) is 93.7 Å². The molecule has 1 heterocycles. The highest BCUT2D eigenvalue weighted by Gasteiger charge is 2.29. The lowest BCUT2D eigenvalue weighted by Crippen LogP contribution is -2.40. The molecule has 0 bridgehead atoms. The lowest BCUT2D eigenvalue weighted by molar-refractivity contribution is -0.121. The molecule has 0 spiro atoms. The third kappa shape index (κ3) is 6.97. The molecule has 0 aromatic heterocycles. The molecule has 1 N–H and O–H groups in total. The normalized spacial score (nSPS) is 14.6. The van der Waals surface area contributed by atoms with Gasteiger partial charge in [0.15, 0.2) is 0 Å². The molecule has 1 aliphatic rings. The van der Waals surface area contributed by atoms with Gasteiger partial charge in [-0.25, -0.2) is 21.2 Å². The summed E-state index contributed by atoms with van der Waals surface area (Å²) in [6.07, 6.45) is 1.66. The zero-order valence-corrected chi connectivity index (χ0v) is 23.8. The third-order valence-electron chi connectivity index (χ3n) is 6.28. The molecule has 1 amide bonds. The molecular formula is C26H26Cl2FN3O5S2. The van der Waals surface area contributed by atoms with E-state index in [1.54, 1.807) is 12.1 Å². The van der Waals surface area contributed by atoms with Crippen molar-refractivity contribution in [1.29, 1.82) is 0 Å². The van der Waals surface area contributed by atoms with Gasteiger partial charge in [-0.15, -0.1) is 0 Å². The van der Waals surface area contributed by atoms with Crippen LogP contribution in [0.25, 0.3) is 0 Å². The molecule has 4 rings (SSSR count). The van der Waals surface area contributed by atoms with E-state index in [-0.39, 0.29) is 26.9 Å². The van der Waals surface area contributed by atoms with Crippen LogP contribution in [0, 0.1) is 5.82 Å². The van der Waals surface area contributed by atoms with Gasteiger partial charge in [0.25, 0.3) is 0 Å². The summed E-state index contributed by atoms with van der Waals surface area (Å²) in [5.74, 6) is -1.35. The number of rotatable bonds is 10. The number of carbonyl (C=O) groups excluding carboxylic acids is 1. The van der Waals surface area contributed by atoms with Crippen molar-refractivity contribution in [1.82, 2.24) is 13.9 Å². The molecule has 208 valence electrons. The van der Waals surface area contributed by atoms with Crippen LogP contribution < -0.4 is 5.32 Å². The molecule has 1 fully saturated rings. The zero-order valence-electron chi connectivity index (χ0n) is 20.7. The van der Waals surface area contributed by atoms with Crippen molar-refractivity contribution in [3.8, 4) is 0 Å². The molecule has 13 heteroatoms. The predicted octanol–water partition coefficient (Wildman–Crippen LogP) is 4.42. The Morgan fingerprint density at radius 3 is 2.13 bits per heavy atom. The predicted molar refractivity (Wildman–Crippen MR) is 147 cm³/mol. The van der Waals surface area contributed by atoms with E-state index in [0.29, 0.717) is 23.7 Å². The lowest BCUT2D eigenvalue weighted by Gasteiger charge is -2.23. The molecule has 1 aliphatic heterocycles. The van der Waals surface area contributed by atoms with Crippen LogP contribution in [-0.4, -0.2) is 51.0 Å². The molecule has 0 radical (unpaired) electrons. The van der Waals surface area contributed by atoms with Gasteiger partial charge in [-0.05, 0) is 66.9 Å². The Morgan fingerprint density at radius 1 is 0.897 bits per heavy atom. The van der Waals surface area contributed by atoms with E-state index >= 15 is 0 Å². The van der Waals surface area contributed by atoms with Gasteiger partial charge in [0.05, 0.1) is 16.3 Å². The van der Waals surface area contributed by atoms with Crippen molar-refractivity contribution in [2.24, 2.45) is 0 Å². The Bertz CT molecular complexity index is 1530. The maximum atomic E-state index is 14.5. The average molecular weight is 615 g/mol. The van der Waals surface area contributed by atoms with Gasteiger partial charge < -0.3 is 5.32 Å². The Morgan fingerprint density at radius 2 is 1.51 bits per heavy atom. The first-order valence-electron chi connectivity index (χ1n) is 12.0. The van der Waals surface area contributed by atoms with Crippen LogP contribution in [0.4, 0.5) is 4.39 Å². The minimum Gasteiger partial charge on any atom is -0.351 e. The third-order valence-corrected chi connectivity index (χ3v) is 10.6. The number of benzene rings is 3. The monoisotopic (exact) mass is 613 g/mol. The first-order valence-corrected chi connectivity index (χ1v) is 15.7. The molecule has 3 aromatic carbocycles. The molecule has 1 saturated heterocycles. The van der Waals surface area contributed by atoms with Crippen LogP contribution in [0.15, 0.2) is 76.5 Å². The van der Waals surface area contributed by atoms with Crippen LogP contribution in [0.1, 0.15) is 24.0 Å². The Kier molecular flexibility index (Phi) is 9.30. The van der Waals surface area contributed by atoms with E-state index in [1.165, 1.54) is 52.8 Å². The quantitative estimate of drug-likeness (QED) is 0.364. The second-order valence-corrected chi connectivity index (χ2v) is 13.7. The lowest BCUT2D eigenvalue weighted by atomic mass is 10.2. The fraction of sp³-hybridized carbons (Fsp3) is 0.269. The summed E-state index contributed by atoms with van der Waals surface area (Å²) in [5.41, 5.74) is 0.548. The first-order chi connectivity index (χ1) is 18.5. The van der Waals surface area contributed by atoms with E-state index in [0.717, 1.165) is 23.2 Å². The number of hydrogen-bond donors (Lipinski definition) is 1. The second kappa shape index (κ2) is 12.3. The smallest absolute Gasteiger partial charge is 0.243 e. The Hall–Kier alpha value is -2.54. The molecular weight excluding hydrogens is 588 g/mol. The van der Waals surface area contributed by atoms with Gasteiger partial charge in [0.1, 0.15) is 5.82 Å². The van der Waals surface area contributed by atoms with Crippen molar-refractivity contribution in [2.75, 3.05) is 19.6 Å². The number of nitrogens with one attached hydrogen (secondary N) is 1. The number of nitrogens with zero attached hydrogens (tertiary/aromatic N) is 2. The topological polar surface area (TPSA) is 104 Å². The molecule has 8 nitrogen and oxygen atoms in total. The minimum atomic E-state index is -4.24. The maximum Gasteiger partial charge on any atom is 0.243 e. The molecule has 39 heavy (non-hydrogen) atoms. The highest BCUT2D eigenvalue weighted by atomic mass is 35.5. The van der Waals surface area contributed by atoms with E-state index in [1.807, 2.05) is 0 Å². The molecule has 0 saturated carbocycles. The maximum absolute atomic E-state index is 14.5. The fourth-order valence-electron chi connectivity index (χ4n) is 4.11. The van der Waals surface area contributed by atoms with E-state index in [9.17, 15) is 26.0 Å². The van der Waals surface area contributed by atoms with Crippen LogP contribution in [0.5, 0.6) is 0 Å². The highest BCUT2D eigenvalue weighted by Crippen LogP contribution is 2.25.